The predicted octanol–water partition coefficient (Wildman–Crippen LogP) is 1.74. The van der Waals surface area contributed by atoms with Crippen LogP contribution in [-0.2, 0) is 4.74 Å². The van der Waals surface area contributed by atoms with Gasteiger partial charge in [-0.05, 0) is 19.8 Å². The van der Waals surface area contributed by atoms with Gasteiger partial charge in [0.05, 0.1) is 0 Å². The molecule has 1 rings (SSSR count). The van der Waals surface area contributed by atoms with Crippen molar-refractivity contribution in [2.45, 2.75) is 32.3 Å². The first kappa shape index (κ1) is 4.98. The Balaban J connectivity index is 2.12. The molecule has 0 radical (unpaired) electrons. The van der Waals surface area contributed by atoms with E-state index < -0.39 is 0 Å². The van der Waals surface area contributed by atoms with E-state index >= 15 is 0 Å². The first-order valence-corrected chi connectivity index (χ1v) is 2.87. The van der Waals surface area contributed by atoms with Crippen molar-refractivity contribution in [3.63, 3.8) is 0 Å². The second-order valence-corrected chi connectivity index (χ2v) is 2.04. The molecule has 40 valence electrons. The number of hydrogen-bond donors (Lipinski definition) is 0. The van der Waals surface area contributed by atoms with Gasteiger partial charge in [0.15, 0.2) is 0 Å². The summed E-state index contributed by atoms with van der Waals surface area (Å²) in [6.45, 7) is 4.02. The second-order valence-electron chi connectivity index (χ2n) is 2.04. The molecule has 0 spiro atoms. The molecule has 0 aliphatic carbocycles. The van der Waals surface area contributed by atoms with E-state index in [4.69, 9.17) is 4.74 Å². The molecule has 0 aromatic heterocycles. The first-order valence-electron chi connectivity index (χ1n) is 2.87. The lowest BCUT2D eigenvalue weighted by molar-refractivity contribution is 0.0786. The van der Waals surface area contributed by atoms with Crippen molar-refractivity contribution in [3.05, 3.63) is 6.61 Å². The maximum atomic E-state index is 5.15. The van der Waals surface area contributed by atoms with E-state index in [1.165, 1.54) is 12.8 Å². The van der Waals surface area contributed by atoms with Gasteiger partial charge in [-0.15, -0.1) is 0 Å². The van der Waals surface area contributed by atoms with Crippen molar-refractivity contribution in [1.29, 1.82) is 0 Å². The topological polar surface area (TPSA) is 9.23 Å². The lowest BCUT2D eigenvalue weighted by atomic mass is 10.1. The van der Waals surface area contributed by atoms with Gasteiger partial charge >= 0.3 is 0 Å². The fourth-order valence-corrected chi connectivity index (χ4v) is 0.789. The Morgan fingerprint density at radius 1 is 1.71 bits per heavy atom. The Bertz CT molecular complexity index is 46.1. The van der Waals surface area contributed by atoms with Gasteiger partial charge in [0.1, 0.15) is 12.5 Å². The smallest absolute Gasteiger partial charge is 0.194 e. The molecular formula is C6H11O+. The Morgan fingerprint density at radius 3 is 2.86 bits per heavy atom. The fourth-order valence-electron chi connectivity index (χ4n) is 0.789. The summed E-state index contributed by atoms with van der Waals surface area (Å²) < 4.78 is 5.15. The third-order valence-electron chi connectivity index (χ3n) is 1.26. The monoisotopic (exact) mass is 99.1 g/mol. The highest BCUT2D eigenvalue weighted by molar-refractivity contribution is 4.63. The zero-order valence-electron chi connectivity index (χ0n) is 4.68. The summed E-state index contributed by atoms with van der Waals surface area (Å²) >= 11 is 0. The van der Waals surface area contributed by atoms with Crippen molar-refractivity contribution in [1.82, 2.24) is 0 Å². The summed E-state index contributed by atoms with van der Waals surface area (Å²) in [5.74, 6) is 0. The molecule has 0 amide bonds. The average molecular weight is 99.2 g/mol. The van der Waals surface area contributed by atoms with Gasteiger partial charge in [0, 0.05) is 0 Å². The van der Waals surface area contributed by atoms with Gasteiger partial charge in [0.2, 0.25) is 6.61 Å². The lowest BCUT2D eigenvalue weighted by Gasteiger charge is -2.07. The van der Waals surface area contributed by atoms with Crippen LogP contribution in [0.5, 0.6) is 0 Å². The largest absolute Gasteiger partial charge is 0.227 e. The van der Waals surface area contributed by atoms with Crippen molar-refractivity contribution >= 4 is 0 Å². The minimum Gasteiger partial charge on any atom is -0.194 e. The van der Waals surface area contributed by atoms with E-state index in [2.05, 4.69) is 6.92 Å². The highest BCUT2D eigenvalue weighted by Crippen LogP contribution is 2.13. The molecule has 1 heteroatoms. The molecule has 1 nitrogen and oxygen atoms in total. The van der Waals surface area contributed by atoms with Crippen LogP contribution < -0.4 is 0 Å². The normalized spacial score (nSPS) is 31.9. The zero-order chi connectivity index (χ0) is 5.11. The fraction of sp³-hybridized carbons (Fsp3) is 0.833. The van der Waals surface area contributed by atoms with Crippen LogP contribution in [0.2, 0.25) is 0 Å². The molecule has 1 atom stereocenters. The Kier molecular flexibility index (Phi) is 1.58. The molecule has 1 fully saturated rings. The molecule has 7 heavy (non-hydrogen) atoms. The third-order valence-corrected chi connectivity index (χ3v) is 1.26. The maximum absolute atomic E-state index is 5.15. The Morgan fingerprint density at radius 2 is 2.57 bits per heavy atom. The second kappa shape index (κ2) is 2.22. The van der Waals surface area contributed by atoms with Crippen molar-refractivity contribution < 1.29 is 4.74 Å². The van der Waals surface area contributed by atoms with Crippen LogP contribution in [-0.4, -0.2) is 6.10 Å². The summed E-state index contributed by atoms with van der Waals surface area (Å²) in [6, 6.07) is 0. The highest BCUT2D eigenvalue weighted by atomic mass is 16.5. The minimum absolute atomic E-state index is 0.480. The Hall–Kier alpha value is -0.170. The molecule has 0 saturated carbocycles. The minimum atomic E-state index is 0.480. The summed E-state index contributed by atoms with van der Waals surface area (Å²) in [5.41, 5.74) is 0. The summed E-state index contributed by atoms with van der Waals surface area (Å²) in [4.78, 5) is 0. The van der Waals surface area contributed by atoms with Gasteiger partial charge in [0.25, 0.3) is 0 Å². The van der Waals surface area contributed by atoms with E-state index in [0.717, 1.165) is 6.42 Å². The lowest BCUT2D eigenvalue weighted by Crippen LogP contribution is -2.10. The molecule has 1 aliphatic rings. The van der Waals surface area contributed by atoms with Gasteiger partial charge in [-0.1, -0.05) is 0 Å². The van der Waals surface area contributed by atoms with Crippen LogP contribution in [0.3, 0.4) is 0 Å². The van der Waals surface area contributed by atoms with Crippen molar-refractivity contribution in [2.24, 2.45) is 0 Å². The summed E-state index contributed by atoms with van der Waals surface area (Å²) in [5, 5.41) is 0. The zero-order valence-corrected chi connectivity index (χ0v) is 4.68. The maximum Gasteiger partial charge on any atom is 0.227 e. The van der Waals surface area contributed by atoms with Crippen LogP contribution in [0, 0.1) is 6.61 Å². The van der Waals surface area contributed by atoms with E-state index in [1.54, 1.807) is 0 Å². The summed E-state index contributed by atoms with van der Waals surface area (Å²) in [6.07, 6.45) is 4.16. The van der Waals surface area contributed by atoms with Crippen molar-refractivity contribution in [2.75, 3.05) is 0 Å². The molecular weight excluding hydrogens is 88.1 g/mol. The van der Waals surface area contributed by atoms with Gasteiger partial charge in [-0.3, -0.25) is 0 Å². The number of rotatable bonds is 0. The molecule has 0 aromatic rings. The van der Waals surface area contributed by atoms with Crippen LogP contribution in [0.15, 0.2) is 0 Å². The molecule has 1 saturated heterocycles. The SMILES string of the molecule is C[C@@H]1CCC[CH+]O1. The summed E-state index contributed by atoms with van der Waals surface area (Å²) in [7, 11) is 0. The standard InChI is InChI=1S/C6H11O/c1-6-4-2-3-5-7-6/h5-6H,2-4H2,1H3/q+1/t6-/m1/s1. The van der Waals surface area contributed by atoms with E-state index in [9.17, 15) is 0 Å². The van der Waals surface area contributed by atoms with Crippen LogP contribution >= 0.6 is 0 Å². The quantitative estimate of drug-likeness (QED) is 0.420. The van der Waals surface area contributed by atoms with Crippen LogP contribution in [0.1, 0.15) is 26.2 Å². The average Bonchev–Trinajstić information content (AvgIpc) is 1.69. The highest BCUT2D eigenvalue weighted by Gasteiger charge is 2.14. The first-order chi connectivity index (χ1) is 3.39. The number of hydrogen-bond acceptors (Lipinski definition) is 1. The molecule has 1 aliphatic heterocycles. The van der Waals surface area contributed by atoms with E-state index in [0.29, 0.717) is 6.10 Å². The molecule has 0 aromatic carbocycles. The molecule has 1 heterocycles. The van der Waals surface area contributed by atoms with E-state index in [-0.39, 0.29) is 0 Å². The van der Waals surface area contributed by atoms with Crippen LogP contribution in [0.4, 0.5) is 0 Å². The molecule has 0 unspecified atom stereocenters. The van der Waals surface area contributed by atoms with Gasteiger partial charge in [-0.25, -0.2) is 0 Å². The predicted molar refractivity (Wildman–Crippen MR) is 28.7 cm³/mol. The molecule has 0 N–H and O–H groups in total. The van der Waals surface area contributed by atoms with Gasteiger partial charge < -0.3 is 0 Å². The third kappa shape index (κ3) is 1.39. The molecule has 0 bridgehead atoms. The number of ether oxygens (including phenoxy) is 1. The van der Waals surface area contributed by atoms with Crippen LogP contribution in [0.25, 0.3) is 0 Å². The van der Waals surface area contributed by atoms with Gasteiger partial charge in [-0.2, -0.15) is 4.74 Å². The van der Waals surface area contributed by atoms with Crippen molar-refractivity contribution in [3.8, 4) is 0 Å². The Labute approximate surface area is 44.7 Å². The van der Waals surface area contributed by atoms with E-state index in [1.807, 2.05) is 6.61 Å².